The number of rotatable bonds is 0. The molecule has 32 heavy (non-hydrogen) atoms. The number of hydrogen-bond acceptors (Lipinski definition) is 13. The van der Waals surface area contributed by atoms with Gasteiger partial charge in [-0.25, -0.2) is 9.59 Å². The van der Waals surface area contributed by atoms with E-state index in [4.69, 9.17) is 14.2 Å². The Balaban J connectivity index is 2.06. The smallest absolute Gasteiger partial charge is 0.339 e. The highest BCUT2D eigenvalue weighted by Gasteiger charge is 2.46. The summed E-state index contributed by atoms with van der Waals surface area (Å²) in [4.78, 5) is 25.8. The number of hydrogen-bond donors (Lipinski definition) is 8. The molecule has 2 aliphatic heterocycles. The van der Waals surface area contributed by atoms with E-state index in [1.54, 1.807) is 0 Å². The minimum Gasteiger partial charge on any atom is -0.504 e. The first-order chi connectivity index (χ1) is 15.0. The molecule has 0 bridgehead atoms. The molecule has 0 aromatic heterocycles. The fourth-order valence-electron chi connectivity index (χ4n) is 3.52. The molecule has 1 fully saturated rings. The van der Waals surface area contributed by atoms with Crippen molar-refractivity contribution >= 4 is 11.9 Å². The number of ether oxygens (including phenoxy) is 3. The molecule has 0 aliphatic carbocycles. The molecule has 2 aromatic carbocycles. The lowest BCUT2D eigenvalue weighted by atomic mass is 9.91. The van der Waals surface area contributed by atoms with Gasteiger partial charge in [0.2, 0.25) is 11.5 Å². The first-order valence-electron chi connectivity index (χ1n) is 8.98. The fourth-order valence-corrected chi connectivity index (χ4v) is 3.52. The second-order valence-corrected chi connectivity index (χ2v) is 7.06. The van der Waals surface area contributed by atoms with Crippen LogP contribution >= 0.6 is 0 Å². The zero-order valence-electron chi connectivity index (χ0n) is 15.8. The highest BCUT2D eigenvalue weighted by atomic mass is 16.7. The molecular formula is C19H16O13. The molecule has 8 N–H and O–H groups in total. The maximum Gasteiger partial charge on any atom is 0.339 e. The molecule has 2 aliphatic rings. The van der Waals surface area contributed by atoms with Crippen LogP contribution in [0.5, 0.6) is 34.5 Å². The predicted molar refractivity (Wildman–Crippen MR) is 98.2 cm³/mol. The summed E-state index contributed by atoms with van der Waals surface area (Å²) >= 11 is 0. The Kier molecular flexibility index (Phi) is 4.88. The van der Waals surface area contributed by atoms with Crippen LogP contribution in [0, 0.1) is 0 Å². The van der Waals surface area contributed by atoms with E-state index in [-0.39, 0.29) is 0 Å². The summed E-state index contributed by atoms with van der Waals surface area (Å²) in [6, 6.07) is 1.31. The van der Waals surface area contributed by atoms with E-state index in [2.05, 4.69) is 0 Å². The van der Waals surface area contributed by atoms with Crippen molar-refractivity contribution in [1.29, 1.82) is 0 Å². The predicted octanol–water partition coefficient (Wildman–Crippen LogP) is -0.639. The number of fused-ring (bicyclic) bond motifs is 4. The zero-order chi connectivity index (χ0) is 23.5. The summed E-state index contributed by atoms with van der Waals surface area (Å²) in [6.07, 6.45) is -6.79. The Hall–Kier alpha value is -3.94. The number of benzene rings is 2. The van der Waals surface area contributed by atoms with E-state index < -0.39 is 99.9 Å². The van der Waals surface area contributed by atoms with Crippen molar-refractivity contribution in [1.82, 2.24) is 0 Å². The Labute approximate surface area is 177 Å². The number of carbonyl (C=O) groups is 2. The molecule has 2 aromatic rings. The van der Waals surface area contributed by atoms with Gasteiger partial charge in [-0.15, -0.1) is 0 Å². The number of phenols is 6. The minimum atomic E-state index is -1.87. The fraction of sp³-hybridized carbons (Fsp3) is 0.263. The van der Waals surface area contributed by atoms with Crippen LogP contribution in [0.3, 0.4) is 0 Å². The van der Waals surface area contributed by atoms with E-state index in [0.29, 0.717) is 12.1 Å². The van der Waals surface area contributed by atoms with Crippen LogP contribution < -0.4 is 0 Å². The summed E-state index contributed by atoms with van der Waals surface area (Å²) in [6.45, 7) is -0.522. The van der Waals surface area contributed by atoms with Crippen LogP contribution in [-0.2, 0) is 14.2 Å². The summed E-state index contributed by atoms with van der Waals surface area (Å²) in [5.74, 6) is -9.19. The van der Waals surface area contributed by atoms with Gasteiger partial charge in [0.05, 0.1) is 17.7 Å². The Morgan fingerprint density at radius 2 is 1.19 bits per heavy atom. The van der Waals surface area contributed by atoms with Gasteiger partial charge in [0.1, 0.15) is 6.10 Å². The highest BCUT2D eigenvalue weighted by molar-refractivity contribution is 6.08. The van der Waals surface area contributed by atoms with Crippen molar-refractivity contribution in [3.63, 3.8) is 0 Å². The second kappa shape index (κ2) is 7.33. The summed E-state index contributed by atoms with van der Waals surface area (Å²) in [5.41, 5.74) is -2.87. The Bertz CT molecular complexity index is 1140. The molecule has 4 atom stereocenters. The molecule has 0 radical (unpaired) electrons. The molecule has 13 heteroatoms. The topological polar surface area (TPSA) is 224 Å². The summed E-state index contributed by atoms with van der Waals surface area (Å²) < 4.78 is 15.2. The number of aliphatic hydroxyl groups is 2. The van der Waals surface area contributed by atoms with Gasteiger partial charge in [-0.3, -0.25) is 0 Å². The third-order valence-corrected chi connectivity index (χ3v) is 5.13. The van der Waals surface area contributed by atoms with Crippen LogP contribution in [0.4, 0.5) is 0 Å². The van der Waals surface area contributed by atoms with Crippen LogP contribution in [-0.4, -0.2) is 84.0 Å². The molecule has 2 heterocycles. The third kappa shape index (κ3) is 3.07. The van der Waals surface area contributed by atoms with Crippen LogP contribution in [0.1, 0.15) is 20.7 Å². The Morgan fingerprint density at radius 1 is 0.719 bits per heavy atom. The molecule has 0 saturated carbocycles. The number of carbonyl (C=O) groups excluding carboxylic acids is 2. The lowest BCUT2D eigenvalue weighted by Gasteiger charge is -2.37. The normalized spacial score (nSPS) is 25.1. The van der Waals surface area contributed by atoms with Gasteiger partial charge < -0.3 is 55.1 Å². The van der Waals surface area contributed by atoms with Gasteiger partial charge in [0.25, 0.3) is 0 Å². The quantitative estimate of drug-likeness (QED) is 0.184. The van der Waals surface area contributed by atoms with Gasteiger partial charge in [0.15, 0.2) is 41.5 Å². The van der Waals surface area contributed by atoms with Crippen molar-refractivity contribution in [2.45, 2.75) is 24.6 Å². The largest absolute Gasteiger partial charge is 0.504 e. The van der Waals surface area contributed by atoms with Crippen LogP contribution in [0.15, 0.2) is 12.1 Å². The van der Waals surface area contributed by atoms with Crippen LogP contribution in [0.2, 0.25) is 0 Å². The van der Waals surface area contributed by atoms with Crippen molar-refractivity contribution in [2.75, 3.05) is 6.61 Å². The maximum atomic E-state index is 12.9. The summed E-state index contributed by atoms with van der Waals surface area (Å²) in [5, 5.41) is 80.4. The third-order valence-electron chi connectivity index (χ3n) is 5.13. The second-order valence-electron chi connectivity index (χ2n) is 7.06. The first kappa shape index (κ1) is 21.3. The lowest BCUT2D eigenvalue weighted by molar-refractivity contribution is -0.251. The van der Waals surface area contributed by atoms with Crippen molar-refractivity contribution < 1.29 is 64.7 Å². The number of phenolic OH excluding ortho intramolecular Hbond substituents is 6. The molecule has 13 nitrogen and oxygen atoms in total. The molecule has 1 saturated heterocycles. The number of esters is 2. The number of aromatic hydroxyl groups is 6. The van der Waals surface area contributed by atoms with E-state index in [1.165, 1.54) is 0 Å². The maximum absolute atomic E-state index is 12.9. The van der Waals surface area contributed by atoms with Gasteiger partial charge in [-0.05, 0) is 12.1 Å². The average Bonchev–Trinajstić information content (AvgIpc) is 2.75. The van der Waals surface area contributed by atoms with E-state index in [1.807, 2.05) is 0 Å². The van der Waals surface area contributed by atoms with E-state index in [9.17, 15) is 50.4 Å². The van der Waals surface area contributed by atoms with Crippen molar-refractivity contribution in [3.8, 4) is 45.6 Å². The van der Waals surface area contributed by atoms with Crippen molar-refractivity contribution in [3.05, 3.63) is 23.3 Å². The molecular weight excluding hydrogens is 436 g/mol. The van der Waals surface area contributed by atoms with Gasteiger partial charge in [0, 0.05) is 11.1 Å². The highest BCUT2D eigenvalue weighted by Crippen LogP contribution is 2.53. The number of aliphatic hydroxyl groups excluding tert-OH is 2. The first-order valence-corrected chi connectivity index (χ1v) is 8.98. The van der Waals surface area contributed by atoms with Crippen LogP contribution in [0.25, 0.3) is 11.1 Å². The average molecular weight is 452 g/mol. The molecule has 0 unspecified atom stereocenters. The molecule has 0 spiro atoms. The Morgan fingerprint density at radius 3 is 1.69 bits per heavy atom. The lowest BCUT2D eigenvalue weighted by Crippen LogP contribution is -2.56. The van der Waals surface area contributed by atoms with Gasteiger partial charge in [-0.1, -0.05) is 0 Å². The molecule has 4 rings (SSSR count). The SMILES string of the molecule is O=C1O[C@@H]2[C@@H](O)[C@@H](O)OC[C@H]2OC(=O)c2cc(O)c(O)c(O)c2-c2c1cc(O)c(O)c2O. The summed E-state index contributed by atoms with van der Waals surface area (Å²) in [7, 11) is 0. The molecule has 0 amide bonds. The minimum absolute atomic E-state index is 0.522. The van der Waals surface area contributed by atoms with Gasteiger partial charge in [-0.2, -0.15) is 0 Å². The molecule has 170 valence electrons. The van der Waals surface area contributed by atoms with Crippen molar-refractivity contribution in [2.24, 2.45) is 0 Å². The monoisotopic (exact) mass is 452 g/mol. The zero-order valence-corrected chi connectivity index (χ0v) is 15.8. The standard InChI is InChI=1S/C19H16O13/c20-6-1-4-9(13(24)11(6)22)10-5(2-7(21)12(23)14(10)25)18(28)32-16-8(31-17(4)27)3-30-19(29)15(16)26/h1-2,8,15-16,19-26,29H,3H2/t8-,15-,16+,19+/m1/s1. The van der Waals surface area contributed by atoms with E-state index in [0.717, 1.165) is 0 Å². The van der Waals surface area contributed by atoms with Gasteiger partial charge >= 0.3 is 11.9 Å². The van der Waals surface area contributed by atoms with E-state index >= 15 is 0 Å².